The van der Waals surface area contributed by atoms with E-state index in [0.29, 0.717) is 13.2 Å². The number of hydrogen-bond acceptors (Lipinski definition) is 5. The summed E-state index contributed by atoms with van der Waals surface area (Å²) in [5.41, 5.74) is -0.768. The summed E-state index contributed by atoms with van der Waals surface area (Å²) < 4.78 is 10.2. The van der Waals surface area contributed by atoms with Crippen molar-refractivity contribution in [3.05, 3.63) is 12.2 Å². The van der Waals surface area contributed by atoms with E-state index >= 15 is 0 Å². The second-order valence-corrected chi connectivity index (χ2v) is 5.87. The van der Waals surface area contributed by atoms with Crippen molar-refractivity contribution in [1.29, 1.82) is 0 Å². The van der Waals surface area contributed by atoms with Crippen molar-refractivity contribution < 1.29 is 23.9 Å². The lowest BCUT2D eigenvalue weighted by molar-refractivity contribution is -0.154. The van der Waals surface area contributed by atoms with Gasteiger partial charge >= 0.3 is 12.0 Å². The maximum atomic E-state index is 12.5. The summed E-state index contributed by atoms with van der Waals surface area (Å²) in [6, 6.07) is -0.470. The fourth-order valence-electron chi connectivity index (χ4n) is 2.18. The summed E-state index contributed by atoms with van der Waals surface area (Å²) in [5.74, 6) is -1.03. The molecule has 2 heterocycles. The van der Waals surface area contributed by atoms with Gasteiger partial charge < -0.3 is 14.4 Å². The molecule has 2 aliphatic rings. The van der Waals surface area contributed by atoms with Crippen molar-refractivity contribution in [3.63, 3.8) is 0 Å². The molecule has 2 rings (SSSR count). The number of carbonyl (C=O) groups is 3. The maximum absolute atomic E-state index is 12.5. The highest BCUT2D eigenvalue weighted by Crippen LogP contribution is 2.31. The van der Waals surface area contributed by atoms with Crippen LogP contribution in [0.15, 0.2) is 12.2 Å². The van der Waals surface area contributed by atoms with E-state index in [2.05, 4.69) is 6.58 Å². The molecule has 2 unspecified atom stereocenters. The predicted octanol–water partition coefficient (Wildman–Crippen LogP) is 0.893. The Balaban J connectivity index is 2.15. The van der Waals surface area contributed by atoms with Crippen LogP contribution in [0, 0.1) is 0 Å². The third kappa shape index (κ3) is 2.78. The Bertz CT molecular complexity index is 509. The summed E-state index contributed by atoms with van der Waals surface area (Å²) in [7, 11) is 0. The summed E-state index contributed by atoms with van der Waals surface area (Å²) in [6.45, 7) is 10.8. The quantitative estimate of drug-likeness (QED) is 0.326. The van der Waals surface area contributed by atoms with E-state index in [0.717, 1.165) is 4.90 Å². The van der Waals surface area contributed by atoms with E-state index in [4.69, 9.17) is 9.47 Å². The molecule has 0 bridgehead atoms. The van der Waals surface area contributed by atoms with E-state index in [1.807, 2.05) is 0 Å². The molecule has 3 amide bonds. The summed E-state index contributed by atoms with van der Waals surface area (Å²) >= 11 is 0. The molecule has 7 heteroatoms. The molecule has 7 nitrogen and oxygen atoms in total. The zero-order valence-electron chi connectivity index (χ0n) is 12.7. The molecule has 0 aliphatic carbocycles. The zero-order valence-corrected chi connectivity index (χ0v) is 12.7. The number of esters is 1. The van der Waals surface area contributed by atoms with Crippen LogP contribution in [0.4, 0.5) is 4.79 Å². The first-order valence-corrected chi connectivity index (χ1v) is 6.79. The van der Waals surface area contributed by atoms with E-state index in [1.165, 1.54) is 18.7 Å². The third-order valence-electron chi connectivity index (χ3n) is 3.63. The molecular weight excluding hydrogens is 276 g/mol. The number of hydrogen-bond donors (Lipinski definition) is 0. The van der Waals surface area contributed by atoms with Gasteiger partial charge in [-0.1, -0.05) is 6.58 Å². The number of urea groups is 1. The molecule has 0 N–H and O–H groups in total. The largest absolute Gasteiger partial charge is 0.438 e. The number of imide groups is 1. The standard InChI is InChI=1S/C14H20N2O5/c1-8(2)11(17)21-9(3)16-12(18)14(4,5)15(13(16)19)6-10-7-20-10/h9-10H,1,6-7H2,2-5H3. The molecule has 2 saturated heterocycles. The van der Waals surface area contributed by atoms with Gasteiger partial charge in [0.2, 0.25) is 0 Å². The lowest BCUT2D eigenvalue weighted by Gasteiger charge is -2.26. The summed E-state index contributed by atoms with van der Waals surface area (Å²) in [5, 5.41) is 0. The van der Waals surface area contributed by atoms with Crippen LogP contribution in [-0.2, 0) is 19.1 Å². The number of amides is 3. The SMILES string of the molecule is C=C(C)C(=O)OC(C)N1C(=O)N(CC2CO2)C(C)(C)C1=O. The van der Waals surface area contributed by atoms with Crippen LogP contribution < -0.4 is 0 Å². The van der Waals surface area contributed by atoms with Gasteiger partial charge in [-0.3, -0.25) is 4.79 Å². The highest BCUT2D eigenvalue weighted by molar-refractivity contribution is 6.06. The van der Waals surface area contributed by atoms with Crippen LogP contribution >= 0.6 is 0 Å². The predicted molar refractivity (Wildman–Crippen MR) is 73.1 cm³/mol. The minimum atomic E-state index is -0.979. The van der Waals surface area contributed by atoms with Crippen LogP contribution in [0.1, 0.15) is 27.7 Å². The molecule has 2 aliphatic heterocycles. The first-order valence-electron chi connectivity index (χ1n) is 6.79. The van der Waals surface area contributed by atoms with Crippen LogP contribution in [0.2, 0.25) is 0 Å². The van der Waals surface area contributed by atoms with Gasteiger partial charge in [-0.25, -0.2) is 14.5 Å². The van der Waals surface area contributed by atoms with E-state index in [-0.39, 0.29) is 11.7 Å². The highest BCUT2D eigenvalue weighted by atomic mass is 16.6. The Labute approximate surface area is 123 Å². The van der Waals surface area contributed by atoms with Crippen LogP contribution in [0.5, 0.6) is 0 Å². The molecule has 0 radical (unpaired) electrons. The monoisotopic (exact) mass is 296 g/mol. The fourth-order valence-corrected chi connectivity index (χ4v) is 2.18. The third-order valence-corrected chi connectivity index (χ3v) is 3.63. The Morgan fingerprint density at radius 3 is 2.57 bits per heavy atom. The Morgan fingerprint density at radius 2 is 2.10 bits per heavy atom. The first-order chi connectivity index (χ1) is 9.66. The minimum Gasteiger partial charge on any atom is -0.438 e. The molecule has 0 aromatic carbocycles. The molecular formula is C14H20N2O5. The average molecular weight is 296 g/mol. The Hall–Kier alpha value is -1.89. The number of ether oxygens (including phenoxy) is 2. The molecule has 21 heavy (non-hydrogen) atoms. The van der Waals surface area contributed by atoms with Crippen molar-refractivity contribution in [3.8, 4) is 0 Å². The Kier molecular flexibility index (Phi) is 3.79. The molecule has 2 fully saturated rings. The van der Waals surface area contributed by atoms with E-state index in [1.54, 1.807) is 13.8 Å². The lowest BCUT2D eigenvalue weighted by Crippen LogP contribution is -2.46. The summed E-state index contributed by atoms with van der Waals surface area (Å²) in [4.78, 5) is 38.9. The van der Waals surface area contributed by atoms with Gasteiger partial charge in [0.05, 0.1) is 19.3 Å². The fraction of sp³-hybridized carbons (Fsp3) is 0.643. The molecule has 0 spiro atoms. The normalized spacial score (nSPS) is 25.0. The Morgan fingerprint density at radius 1 is 1.52 bits per heavy atom. The zero-order chi connectivity index (χ0) is 15.9. The van der Waals surface area contributed by atoms with Gasteiger partial charge in [0.25, 0.3) is 5.91 Å². The molecule has 0 aromatic rings. The molecule has 2 atom stereocenters. The topological polar surface area (TPSA) is 79.5 Å². The van der Waals surface area contributed by atoms with Gasteiger partial charge in [-0.2, -0.15) is 0 Å². The number of nitrogens with zero attached hydrogens (tertiary/aromatic N) is 2. The average Bonchev–Trinajstić information content (AvgIpc) is 3.16. The lowest BCUT2D eigenvalue weighted by atomic mass is 10.0. The van der Waals surface area contributed by atoms with Crippen molar-refractivity contribution in [2.24, 2.45) is 0 Å². The van der Waals surface area contributed by atoms with Gasteiger partial charge in [0.15, 0.2) is 6.23 Å². The first kappa shape index (κ1) is 15.5. The van der Waals surface area contributed by atoms with Gasteiger partial charge in [0.1, 0.15) is 5.54 Å². The molecule has 0 aromatic heterocycles. The van der Waals surface area contributed by atoms with Crippen LogP contribution in [0.25, 0.3) is 0 Å². The maximum Gasteiger partial charge on any atom is 0.335 e. The van der Waals surface area contributed by atoms with Gasteiger partial charge in [0, 0.05) is 5.57 Å². The van der Waals surface area contributed by atoms with Crippen molar-refractivity contribution >= 4 is 17.9 Å². The van der Waals surface area contributed by atoms with Crippen molar-refractivity contribution in [2.45, 2.75) is 45.6 Å². The smallest absolute Gasteiger partial charge is 0.335 e. The van der Waals surface area contributed by atoms with E-state index < -0.39 is 29.7 Å². The minimum absolute atomic E-state index is 0.0192. The molecule has 0 saturated carbocycles. The second kappa shape index (κ2) is 5.14. The second-order valence-electron chi connectivity index (χ2n) is 5.87. The van der Waals surface area contributed by atoms with Crippen molar-refractivity contribution in [2.75, 3.05) is 13.2 Å². The number of carbonyl (C=O) groups excluding carboxylic acids is 3. The van der Waals surface area contributed by atoms with Crippen LogP contribution in [-0.4, -0.2) is 58.7 Å². The van der Waals surface area contributed by atoms with Gasteiger partial charge in [-0.05, 0) is 27.7 Å². The number of rotatable bonds is 5. The molecule has 116 valence electrons. The van der Waals surface area contributed by atoms with E-state index in [9.17, 15) is 14.4 Å². The number of epoxide rings is 1. The van der Waals surface area contributed by atoms with Crippen molar-refractivity contribution in [1.82, 2.24) is 9.80 Å². The highest BCUT2D eigenvalue weighted by Gasteiger charge is 2.54. The van der Waals surface area contributed by atoms with Gasteiger partial charge in [-0.15, -0.1) is 0 Å². The van der Waals surface area contributed by atoms with Crippen LogP contribution in [0.3, 0.4) is 0 Å². The summed E-state index contributed by atoms with van der Waals surface area (Å²) in [6.07, 6.45) is -0.993.